The van der Waals surface area contributed by atoms with Gasteiger partial charge in [-0.05, 0) is 28.9 Å². The van der Waals surface area contributed by atoms with E-state index in [2.05, 4.69) is 27.8 Å². The van der Waals surface area contributed by atoms with Gasteiger partial charge in [0, 0.05) is 11.6 Å². The second-order valence-corrected chi connectivity index (χ2v) is 2.92. The van der Waals surface area contributed by atoms with Crippen LogP contribution in [0, 0.1) is 23.5 Å². The maximum atomic E-state index is 12.8. The Bertz CT molecular complexity index is 361. The molecule has 12 heavy (non-hydrogen) atoms. The van der Waals surface area contributed by atoms with Crippen molar-refractivity contribution in [2.75, 3.05) is 0 Å². The van der Waals surface area contributed by atoms with E-state index in [1.165, 1.54) is 6.07 Å². The van der Waals surface area contributed by atoms with E-state index in [1.807, 2.05) is 0 Å². The smallest absolute Gasteiger partial charge is 0.141 e. The van der Waals surface area contributed by atoms with Crippen molar-refractivity contribution in [1.82, 2.24) is 0 Å². The molecule has 0 nitrogen and oxygen atoms in total. The van der Waals surface area contributed by atoms with Gasteiger partial charge < -0.3 is 0 Å². The van der Waals surface area contributed by atoms with Crippen LogP contribution in [0.1, 0.15) is 12.5 Å². The molecule has 0 saturated carbocycles. The third kappa shape index (κ3) is 1.83. The highest BCUT2D eigenvalue weighted by Gasteiger charge is 2.05. The van der Waals surface area contributed by atoms with Crippen LogP contribution >= 0.6 is 15.9 Å². The van der Waals surface area contributed by atoms with E-state index in [9.17, 15) is 8.78 Å². The molecule has 0 radical (unpaired) electrons. The molecule has 0 bridgehead atoms. The first kappa shape index (κ1) is 9.21. The molecule has 0 aliphatic carbocycles. The average molecular weight is 231 g/mol. The lowest BCUT2D eigenvalue weighted by atomic mass is 10.2. The van der Waals surface area contributed by atoms with Crippen molar-refractivity contribution >= 4 is 15.9 Å². The highest BCUT2D eigenvalue weighted by Crippen LogP contribution is 2.21. The summed E-state index contributed by atoms with van der Waals surface area (Å²) in [6.45, 7) is 1.61. The summed E-state index contributed by atoms with van der Waals surface area (Å²) in [5.41, 5.74) is 0.329. The van der Waals surface area contributed by atoms with E-state index in [4.69, 9.17) is 0 Å². The van der Waals surface area contributed by atoms with Crippen molar-refractivity contribution in [2.24, 2.45) is 0 Å². The Kier molecular flexibility index (Phi) is 2.83. The minimum Gasteiger partial charge on any atom is -0.207 e. The number of rotatable bonds is 0. The van der Waals surface area contributed by atoms with E-state index >= 15 is 0 Å². The van der Waals surface area contributed by atoms with Gasteiger partial charge in [-0.25, -0.2) is 8.78 Å². The summed E-state index contributed by atoms with van der Waals surface area (Å²) < 4.78 is 25.6. The Labute approximate surface area is 77.7 Å². The van der Waals surface area contributed by atoms with E-state index in [-0.39, 0.29) is 4.47 Å². The molecular formula is C9H5BrF2. The van der Waals surface area contributed by atoms with Gasteiger partial charge in [0.05, 0.1) is 4.47 Å². The van der Waals surface area contributed by atoms with Crippen LogP contribution < -0.4 is 0 Å². The Balaban J connectivity index is 3.34. The van der Waals surface area contributed by atoms with Gasteiger partial charge in [0.2, 0.25) is 0 Å². The molecule has 62 valence electrons. The number of hydrogen-bond donors (Lipinski definition) is 0. The molecule has 0 unspecified atom stereocenters. The fraction of sp³-hybridized carbons (Fsp3) is 0.111. The zero-order valence-electron chi connectivity index (χ0n) is 6.29. The predicted octanol–water partition coefficient (Wildman–Crippen LogP) is 3.10. The molecule has 0 saturated heterocycles. The van der Waals surface area contributed by atoms with Gasteiger partial charge in [-0.15, -0.1) is 5.92 Å². The van der Waals surface area contributed by atoms with Gasteiger partial charge in [0.25, 0.3) is 0 Å². The van der Waals surface area contributed by atoms with Crippen LogP contribution in [0.5, 0.6) is 0 Å². The van der Waals surface area contributed by atoms with Crippen LogP contribution in [0.2, 0.25) is 0 Å². The van der Waals surface area contributed by atoms with Crippen LogP contribution in [0.3, 0.4) is 0 Å². The van der Waals surface area contributed by atoms with E-state index in [0.29, 0.717) is 5.56 Å². The van der Waals surface area contributed by atoms with Crippen LogP contribution in [0.4, 0.5) is 8.78 Å². The highest BCUT2D eigenvalue weighted by atomic mass is 79.9. The molecule has 0 aliphatic heterocycles. The zero-order chi connectivity index (χ0) is 9.14. The highest BCUT2D eigenvalue weighted by molar-refractivity contribution is 9.10. The second kappa shape index (κ2) is 3.68. The first-order valence-corrected chi connectivity index (χ1v) is 4.01. The van der Waals surface area contributed by atoms with Gasteiger partial charge in [0.15, 0.2) is 0 Å². The Morgan fingerprint density at radius 3 is 2.58 bits per heavy atom. The second-order valence-electron chi connectivity index (χ2n) is 2.12. The van der Waals surface area contributed by atoms with Crippen molar-refractivity contribution < 1.29 is 8.78 Å². The molecule has 0 spiro atoms. The van der Waals surface area contributed by atoms with E-state index < -0.39 is 11.6 Å². The number of benzene rings is 1. The molecule has 0 N–H and O–H groups in total. The SMILES string of the molecule is CC#Cc1cc(F)cc(F)c1Br. The molecule has 1 aromatic rings. The summed E-state index contributed by atoms with van der Waals surface area (Å²) in [5.74, 6) is 3.90. The molecule has 0 aromatic heterocycles. The third-order valence-electron chi connectivity index (χ3n) is 1.25. The molecule has 1 aromatic carbocycles. The van der Waals surface area contributed by atoms with Crippen LogP contribution in [0.15, 0.2) is 16.6 Å². The Morgan fingerprint density at radius 1 is 1.33 bits per heavy atom. The lowest BCUT2D eigenvalue weighted by Crippen LogP contribution is -1.86. The largest absolute Gasteiger partial charge is 0.207 e. The fourth-order valence-corrected chi connectivity index (χ4v) is 1.11. The molecular weight excluding hydrogens is 226 g/mol. The van der Waals surface area contributed by atoms with Crippen molar-refractivity contribution in [3.63, 3.8) is 0 Å². The Morgan fingerprint density at radius 2 is 2.00 bits per heavy atom. The van der Waals surface area contributed by atoms with Crippen LogP contribution in [-0.4, -0.2) is 0 Å². The fourth-order valence-electron chi connectivity index (χ4n) is 0.782. The standard InChI is InChI=1S/C9H5BrF2/c1-2-3-6-4-7(11)5-8(12)9(6)10/h4-5H,1H3. The zero-order valence-corrected chi connectivity index (χ0v) is 7.87. The van der Waals surface area contributed by atoms with Gasteiger partial charge >= 0.3 is 0 Å². The monoisotopic (exact) mass is 230 g/mol. The van der Waals surface area contributed by atoms with E-state index in [0.717, 1.165) is 6.07 Å². The summed E-state index contributed by atoms with van der Waals surface area (Å²) in [6, 6.07) is 1.99. The van der Waals surface area contributed by atoms with Crippen LogP contribution in [0.25, 0.3) is 0 Å². The summed E-state index contributed by atoms with van der Waals surface area (Å²) >= 11 is 2.97. The molecule has 0 amide bonds. The normalized spacial score (nSPS) is 9.00. The lowest BCUT2D eigenvalue weighted by Gasteiger charge is -1.97. The topological polar surface area (TPSA) is 0 Å². The van der Waals surface area contributed by atoms with Crippen molar-refractivity contribution in [2.45, 2.75) is 6.92 Å². The number of halogens is 3. The van der Waals surface area contributed by atoms with Crippen molar-refractivity contribution in [3.8, 4) is 11.8 Å². The molecule has 0 atom stereocenters. The maximum Gasteiger partial charge on any atom is 0.141 e. The van der Waals surface area contributed by atoms with Crippen molar-refractivity contribution in [1.29, 1.82) is 0 Å². The molecule has 0 heterocycles. The molecule has 0 fully saturated rings. The Hall–Kier alpha value is -0.880. The minimum atomic E-state index is -0.632. The summed E-state index contributed by atoms with van der Waals surface area (Å²) in [5, 5.41) is 0. The van der Waals surface area contributed by atoms with Gasteiger partial charge in [-0.3, -0.25) is 0 Å². The first-order chi connectivity index (χ1) is 5.65. The average Bonchev–Trinajstić information content (AvgIpc) is 2.00. The predicted molar refractivity (Wildman–Crippen MR) is 46.6 cm³/mol. The van der Waals surface area contributed by atoms with Crippen molar-refractivity contribution in [3.05, 3.63) is 33.8 Å². The first-order valence-electron chi connectivity index (χ1n) is 3.22. The summed E-state index contributed by atoms with van der Waals surface area (Å²) in [4.78, 5) is 0. The third-order valence-corrected chi connectivity index (χ3v) is 2.06. The maximum absolute atomic E-state index is 12.8. The molecule has 0 aliphatic rings. The van der Waals surface area contributed by atoms with Crippen LogP contribution in [-0.2, 0) is 0 Å². The van der Waals surface area contributed by atoms with Gasteiger partial charge in [-0.1, -0.05) is 5.92 Å². The quantitative estimate of drug-likeness (QED) is 0.475. The van der Waals surface area contributed by atoms with Gasteiger partial charge in [0.1, 0.15) is 11.6 Å². The van der Waals surface area contributed by atoms with Gasteiger partial charge in [-0.2, -0.15) is 0 Å². The van der Waals surface area contributed by atoms with E-state index in [1.54, 1.807) is 6.92 Å². The number of hydrogen-bond acceptors (Lipinski definition) is 0. The molecule has 3 heteroatoms. The lowest BCUT2D eigenvalue weighted by molar-refractivity contribution is 0.578. The summed E-state index contributed by atoms with van der Waals surface area (Å²) in [6.07, 6.45) is 0. The molecule has 1 rings (SSSR count). The minimum absolute atomic E-state index is 0.207. The summed E-state index contributed by atoms with van der Waals surface area (Å²) in [7, 11) is 0.